The van der Waals surface area contributed by atoms with Crippen molar-refractivity contribution in [2.75, 3.05) is 5.75 Å². The van der Waals surface area contributed by atoms with Gasteiger partial charge in [-0.1, -0.05) is 204 Å². The molecule has 0 aliphatic heterocycles. The Kier molecular flexibility index (Phi) is 39.1. The first-order valence-electron chi connectivity index (χ1n) is 22.7. The summed E-state index contributed by atoms with van der Waals surface area (Å²) >= 11 is 0. The number of hydrogen-bond donors (Lipinski definition) is 3. The van der Waals surface area contributed by atoms with Gasteiger partial charge in [0.15, 0.2) is 0 Å². The van der Waals surface area contributed by atoms with Gasteiger partial charge in [-0.15, -0.1) is 0 Å². The normalized spacial score (nSPS) is 13.5. The molecular formula is C46H87NO5S. The number of hydrogen-bond acceptors (Lipinski definition) is 4. The Morgan fingerprint density at radius 2 is 0.811 bits per heavy atom. The maximum atomic E-state index is 12.5. The minimum atomic E-state index is -4.36. The molecule has 2 unspecified atom stereocenters. The van der Waals surface area contributed by atoms with Crippen molar-refractivity contribution in [3.05, 3.63) is 36.5 Å². The van der Waals surface area contributed by atoms with Crippen LogP contribution in [0.3, 0.4) is 0 Å². The Hall–Kier alpha value is -1.44. The van der Waals surface area contributed by atoms with Crippen LogP contribution in [0.15, 0.2) is 36.5 Å². The van der Waals surface area contributed by atoms with Gasteiger partial charge in [-0.3, -0.25) is 9.35 Å². The highest BCUT2D eigenvalue weighted by Crippen LogP contribution is 2.15. The van der Waals surface area contributed by atoms with E-state index in [1.807, 2.05) is 6.08 Å². The molecule has 6 nitrogen and oxygen atoms in total. The highest BCUT2D eigenvalue weighted by Gasteiger charge is 2.24. The number of nitrogens with one attached hydrogen (secondary N) is 1. The number of allylic oxidation sites excluding steroid dienone is 5. The van der Waals surface area contributed by atoms with Crippen LogP contribution >= 0.6 is 0 Å². The molecule has 1 amide bonds. The van der Waals surface area contributed by atoms with Crippen LogP contribution in [0, 0.1) is 0 Å². The van der Waals surface area contributed by atoms with Crippen LogP contribution in [-0.4, -0.2) is 41.9 Å². The molecule has 0 heterocycles. The number of unbranched alkanes of at least 4 members (excludes halogenated alkanes) is 29. The lowest BCUT2D eigenvalue weighted by atomic mass is 10.0. The molecule has 0 aromatic rings. The van der Waals surface area contributed by atoms with Crippen LogP contribution in [0.2, 0.25) is 0 Å². The van der Waals surface area contributed by atoms with Gasteiger partial charge in [-0.25, -0.2) is 0 Å². The van der Waals surface area contributed by atoms with E-state index in [9.17, 15) is 22.9 Å². The molecule has 0 saturated carbocycles. The average molecular weight is 766 g/mol. The van der Waals surface area contributed by atoms with E-state index >= 15 is 0 Å². The summed E-state index contributed by atoms with van der Waals surface area (Å²) in [4.78, 5) is 12.5. The smallest absolute Gasteiger partial charge is 0.267 e. The number of rotatable bonds is 41. The third kappa shape index (κ3) is 41.6. The number of carbonyl (C=O) groups excluding carboxylic acids is 1. The SMILES string of the molecule is CCCCCCCC/C=C\CCCCCCCCCC(=O)NC(CS(=O)(=O)O)C(O)/C=C/CC/C=C/CCCCCCCCCCCCCCCCC. The van der Waals surface area contributed by atoms with Crippen LogP contribution in [0.25, 0.3) is 0 Å². The predicted molar refractivity (Wildman–Crippen MR) is 230 cm³/mol. The topological polar surface area (TPSA) is 104 Å². The van der Waals surface area contributed by atoms with Crippen LogP contribution in [0.5, 0.6) is 0 Å². The van der Waals surface area contributed by atoms with Gasteiger partial charge in [0, 0.05) is 6.42 Å². The van der Waals surface area contributed by atoms with Gasteiger partial charge in [-0.05, 0) is 57.8 Å². The van der Waals surface area contributed by atoms with Crippen molar-refractivity contribution < 1.29 is 22.9 Å². The molecule has 0 aromatic heterocycles. The lowest BCUT2D eigenvalue weighted by molar-refractivity contribution is -0.122. The molecule has 7 heteroatoms. The van der Waals surface area contributed by atoms with E-state index in [2.05, 4.69) is 43.5 Å². The second-order valence-corrected chi connectivity index (χ2v) is 17.2. The van der Waals surface area contributed by atoms with E-state index in [4.69, 9.17) is 0 Å². The lowest BCUT2D eigenvalue weighted by Crippen LogP contribution is -2.46. The largest absolute Gasteiger partial charge is 0.387 e. The number of aliphatic hydroxyl groups excluding tert-OH is 1. The van der Waals surface area contributed by atoms with E-state index in [0.29, 0.717) is 0 Å². The summed E-state index contributed by atoms with van der Waals surface area (Å²) in [5, 5.41) is 13.2. The number of carbonyl (C=O) groups is 1. The van der Waals surface area contributed by atoms with Gasteiger partial charge in [0.25, 0.3) is 10.1 Å². The Morgan fingerprint density at radius 3 is 1.19 bits per heavy atom. The lowest BCUT2D eigenvalue weighted by Gasteiger charge is -2.21. The summed E-state index contributed by atoms with van der Waals surface area (Å²) in [7, 11) is -4.36. The molecule has 0 aromatic carbocycles. The van der Waals surface area contributed by atoms with Crippen molar-refractivity contribution in [3.8, 4) is 0 Å². The minimum absolute atomic E-state index is 0.284. The molecule has 0 saturated heterocycles. The molecule has 0 rings (SSSR count). The van der Waals surface area contributed by atoms with Crippen LogP contribution in [0.1, 0.15) is 232 Å². The quantitative estimate of drug-likeness (QED) is 0.0327. The molecular weight excluding hydrogens is 679 g/mol. The molecule has 0 radical (unpaired) electrons. The van der Waals surface area contributed by atoms with Gasteiger partial charge >= 0.3 is 0 Å². The summed E-state index contributed by atoms with van der Waals surface area (Å²) in [5.74, 6) is -1.00. The van der Waals surface area contributed by atoms with Gasteiger partial charge < -0.3 is 10.4 Å². The Balaban J connectivity index is 3.91. The van der Waals surface area contributed by atoms with Crippen molar-refractivity contribution in [2.45, 2.75) is 244 Å². The van der Waals surface area contributed by atoms with Crippen molar-refractivity contribution in [2.24, 2.45) is 0 Å². The molecule has 0 bridgehead atoms. The Bertz CT molecular complexity index is 976. The molecule has 0 fully saturated rings. The van der Waals surface area contributed by atoms with Gasteiger partial charge in [0.1, 0.15) is 0 Å². The summed E-state index contributed by atoms with van der Waals surface area (Å²) in [5.41, 5.74) is 0. The zero-order valence-electron chi connectivity index (χ0n) is 34.9. The maximum absolute atomic E-state index is 12.5. The predicted octanol–water partition coefficient (Wildman–Crippen LogP) is 13.7. The first kappa shape index (κ1) is 51.6. The second-order valence-electron chi connectivity index (χ2n) is 15.7. The van der Waals surface area contributed by atoms with E-state index < -0.39 is 28.0 Å². The van der Waals surface area contributed by atoms with Crippen molar-refractivity contribution in [3.63, 3.8) is 0 Å². The Morgan fingerprint density at radius 1 is 0.491 bits per heavy atom. The van der Waals surface area contributed by atoms with Crippen molar-refractivity contribution in [1.82, 2.24) is 5.32 Å². The summed E-state index contributed by atoms with van der Waals surface area (Å²) in [6.45, 7) is 4.53. The highest BCUT2D eigenvalue weighted by atomic mass is 32.2. The molecule has 0 spiro atoms. The molecule has 312 valence electrons. The highest BCUT2D eigenvalue weighted by molar-refractivity contribution is 7.85. The van der Waals surface area contributed by atoms with Gasteiger partial charge in [0.05, 0.1) is 17.9 Å². The summed E-state index contributed by atoms with van der Waals surface area (Å²) < 4.78 is 32.6. The van der Waals surface area contributed by atoms with Gasteiger partial charge in [-0.2, -0.15) is 8.42 Å². The molecule has 0 aliphatic carbocycles. The Labute approximate surface area is 329 Å². The fraction of sp³-hybridized carbons (Fsp3) is 0.848. The first-order chi connectivity index (χ1) is 25.8. The van der Waals surface area contributed by atoms with Gasteiger partial charge in [0.2, 0.25) is 5.91 Å². The number of aliphatic hydroxyl groups is 1. The first-order valence-corrected chi connectivity index (χ1v) is 24.3. The molecule has 2 atom stereocenters. The van der Waals surface area contributed by atoms with Crippen molar-refractivity contribution in [1.29, 1.82) is 0 Å². The zero-order chi connectivity index (χ0) is 38.9. The standard InChI is InChI=1S/C46H87NO5S/c1-3-5-7-9-11-13-15-17-19-21-22-23-24-26-27-29-31-33-35-37-39-41-45(48)44(43-53(50,51)52)47-46(49)42-40-38-36-34-32-30-28-25-20-18-16-14-12-10-8-6-4-2/h18,20,31,33,39,41,44-45,48H,3-17,19,21-30,32,34-38,40,42-43H2,1-2H3,(H,47,49)(H,50,51,52)/b20-18-,33-31+,41-39+. The third-order valence-electron chi connectivity index (χ3n) is 10.3. The monoisotopic (exact) mass is 766 g/mol. The van der Waals surface area contributed by atoms with E-state index in [0.717, 1.165) is 44.9 Å². The third-order valence-corrected chi connectivity index (χ3v) is 11.1. The number of amides is 1. The second kappa shape index (κ2) is 40.2. The van der Waals surface area contributed by atoms with Crippen LogP contribution in [-0.2, 0) is 14.9 Å². The van der Waals surface area contributed by atoms with E-state index in [1.165, 1.54) is 173 Å². The maximum Gasteiger partial charge on any atom is 0.267 e. The molecule has 53 heavy (non-hydrogen) atoms. The molecule has 3 N–H and O–H groups in total. The van der Waals surface area contributed by atoms with Crippen LogP contribution in [0.4, 0.5) is 0 Å². The fourth-order valence-corrected chi connectivity index (χ4v) is 7.61. The molecule has 0 aliphatic rings. The fourth-order valence-electron chi connectivity index (χ4n) is 6.87. The van der Waals surface area contributed by atoms with E-state index in [-0.39, 0.29) is 12.3 Å². The average Bonchev–Trinajstić information content (AvgIpc) is 3.12. The summed E-state index contributed by atoms with van der Waals surface area (Å²) in [6.07, 6.45) is 52.8. The zero-order valence-corrected chi connectivity index (χ0v) is 35.7. The van der Waals surface area contributed by atoms with Crippen molar-refractivity contribution >= 4 is 16.0 Å². The van der Waals surface area contributed by atoms with Crippen LogP contribution < -0.4 is 5.32 Å². The van der Waals surface area contributed by atoms with E-state index in [1.54, 1.807) is 0 Å². The summed E-state index contributed by atoms with van der Waals surface area (Å²) in [6, 6.07) is -1.07. The minimum Gasteiger partial charge on any atom is -0.387 e.